The normalized spacial score (nSPS) is 36.8. The molecule has 8 atom stereocenters. The molecule has 0 aromatic rings. The summed E-state index contributed by atoms with van der Waals surface area (Å²) in [4.78, 5) is 0. The zero-order valence-corrected chi connectivity index (χ0v) is 26.8. The molecule has 4 aliphatic carbocycles. The minimum absolute atomic E-state index is 0.355. The van der Waals surface area contributed by atoms with Crippen LogP contribution in [-0.2, 0) is 4.74 Å². The van der Waals surface area contributed by atoms with Gasteiger partial charge in [-0.05, 0) is 111 Å². The quantitative estimate of drug-likeness (QED) is 0.155. The molecule has 39 heavy (non-hydrogen) atoms. The lowest BCUT2D eigenvalue weighted by Crippen LogP contribution is -2.51. The molecule has 0 heterocycles. The Labute approximate surface area is 243 Å². The number of hydrogen-bond acceptors (Lipinski definition) is 2. The van der Waals surface area contributed by atoms with Crippen LogP contribution in [0, 0.1) is 46.3 Å². The van der Waals surface area contributed by atoms with Gasteiger partial charge >= 0.3 is 0 Å². The van der Waals surface area contributed by atoms with Crippen LogP contribution in [0.5, 0.6) is 0 Å². The fraction of sp³-hybridized carbons (Fsp3) is 0.946. The molecule has 0 bridgehead atoms. The molecule has 0 aromatic heterocycles. The molecule has 0 amide bonds. The standard InChI is InChI=1S/C37H66O2/c1-28(2)15-14-16-29(3)33-19-20-34-32-18-17-30-27-31(39-26-13-11-9-7-6-8-10-12-25-38)21-23-36(30,4)35(32)22-24-37(33,34)5/h17,28-29,31-35,38H,6-16,18-27H2,1-5H3/t29-,31-,32+,33-,34+,35+,36+,37-/m1/s1. The summed E-state index contributed by atoms with van der Waals surface area (Å²) in [6, 6.07) is 0. The molecule has 0 spiro atoms. The zero-order chi connectivity index (χ0) is 27.9. The van der Waals surface area contributed by atoms with Gasteiger partial charge in [-0.1, -0.05) is 104 Å². The first-order valence-corrected chi connectivity index (χ1v) is 17.7. The van der Waals surface area contributed by atoms with E-state index >= 15 is 0 Å². The van der Waals surface area contributed by atoms with E-state index in [1.807, 2.05) is 0 Å². The van der Waals surface area contributed by atoms with Crippen LogP contribution in [-0.4, -0.2) is 24.4 Å². The van der Waals surface area contributed by atoms with Crippen LogP contribution in [0.4, 0.5) is 0 Å². The number of aliphatic hydroxyl groups is 1. The minimum Gasteiger partial charge on any atom is -0.396 e. The smallest absolute Gasteiger partial charge is 0.0612 e. The second-order valence-corrected chi connectivity index (χ2v) is 15.6. The minimum atomic E-state index is 0.355. The molecule has 0 aliphatic heterocycles. The van der Waals surface area contributed by atoms with Gasteiger partial charge in [0.2, 0.25) is 0 Å². The van der Waals surface area contributed by atoms with E-state index in [1.165, 1.54) is 116 Å². The van der Waals surface area contributed by atoms with Crippen LogP contribution in [0.2, 0.25) is 0 Å². The van der Waals surface area contributed by atoms with E-state index in [0.29, 0.717) is 23.5 Å². The largest absolute Gasteiger partial charge is 0.396 e. The summed E-state index contributed by atoms with van der Waals surface area (Å²) >= 11 is 0. The van der Waals surface area contributed by atoms with Crippen molar-refractivity contribution in [2.75, 3.05) is 13.2 Å². The lowest BCUT2D eigenvalue weighted by Gasteiger charge is -2.58. The molecular formula is C37H66O2. The fourth-order valence-corrected chi connectivity index (χ4v) is 10.3. The highest BCUT2D eigenvalue weighted by Crippen LogP contribution is 2.67. The second kappa shape index (κ2) is 14.7. The van der Waals surface area contributed by atoms with Crippen molar-refractivity contribution in [3.05, 3.63) is 11.6 Å². The Bertz CT molecular complexity index is 757. The molecule has 226 valence electrons. The Kier molecular flexibility index (Phi) is 11.9. The van der Waals surface area contributed by atoms with Gasteiger partial charge < -0.3 is 9.84 Å². The topological polar surface area (TPSA) is 29.5 Å². The maximum absolute atomic E-state index is 8.89. The van der Waals surface area contributed by atoms with Crippen molar-refractivity contribution in [2.24, 2.45) is 46.3 Å². The molecule has 2 heteroatoms. The van der Waals surface area contributed by atoms with E-state index in [2.05, 4.69) is 40.7 Å². The monoisotopic (exact) mass is 543 g/mol. The van der Waals surface area contributed by atoms with Crippen LogP contribution in [0.1, 0.15) is 157 Å². The number of rotatable bonds is 16. The molecule has 2 nitrogen and oxygen atoms in total. The van der Waals surface area contributed by atoms with Crippen LogP contribution >= 0.6 is 0 Å². The molecule has 0 radical (unpaired) electrons. The van der Waals surface area contributed by atoms with Crippen molar-refractivity contribution >= 4 is 0 Å². The van der Waals surface area contributed by atoms with Gasteiger partial charge in [-0.25, -0.2) is 0 Å². The van der Waals surface area contributed by atoms with Gasteiger partial charge in [-0.2, -0.15) is 0 Å². The summed E-state index contributed by atoms with van der Waals surface area (Å²) in [7, 11) is 0. The maximum Gasteiger partial charge on any atom is 0.0612 e. The SMILES string of the molecule is CC(C)CCC[C@@H](C)[C@H]1CC[C@H]2[C@@H]3CC=C4C[C@H](OCCCCCCCCCCO)CC[C@]4(C)[C@H]3CC[C@]12C. The zero-order valence-electron chi connectivity index (χ0n) is 26.8. The lowest BCUT2D eigenvalue weighted by molar-refractivity contribution is -0.0641. The first kappa shape index (κ1) is 31.6. The number of unbranched alkanes of at least 4 members (excludes halogenated alkanes) is 7. The summed E-state index contributed by atoms with van der Waals surface area (Å²) in [5, 5.41) is 8.89. The van der Waals surface area contributed by atoms with E-state index in [4.69, 9.17) is 9.84 Å². The van der Waals surface area contributed by atoms with Gasteiger partial charge in [0.1, 0.15) is 0 Å². The van der Waals surface area contributed by atoms with E-state index in [9.17, 15) is 0 Å². The molecule has 3 fully saturated rings. The second-order valence-electron chi connectivity index (χ2n) is 15.6. The van der Waals surface area contributed by atoms with E-state index in [1.54, 1.807) is 5.57 Å². The van der Waals surface area contributed by atoms with E-state index < -0.39 is 0 Å². The van der Waals surface area contributed by atoms with Gasteiger partial charge in [0.15, 0.2) is 0 Å². The van der Waals surface area contributed by atoms with E-state index in [-0.39, 0.29) is 0 Å². The molecule has 3 saturated carbocycles. The summed E-state index contributed by atoms with van der Waals surface area (Å²) in [6.45, 7) is 14.1. The summed E-state index contributed by atoms with van der Waals surface area (Å²) < 4.78 is 6.48. The molecule has 0 aromatic carbocycles. The molecule has 0 unspecified atom stereocenters. The number of hydrogen-bond donors (Lipinski definition) is 1. The van der Waals surface area contributed by atoms with E-state index in [0.717, 1.165) is 48.5 Å². The van der Waals surface area contributed by atoms with Crippen LogP contribution < -0.4 is 0 Å². The Hall–Kier alpha value is -0.340. The third kappa shape index (κ3) is 7.55. The lowest BCUT2D eigenvalue weighted by atomic mass is 9.47. The number of ether oxygens (including phenoxy) is 1. The van der Waals surface area contributed by atoms with Crippen molar-refractivity contribution in [1.82, 2.24) is 0 Å². The van der Waals surface area contributed by atoms with Crippen LogP contribution in [0.15, 0.2) is 11.6 Å². The highest BCUT2D eigenvalue weighted by Gasteiger charge is 2.59. The Morgan fingerprint density at radius 3 is 2.26 bits per heavy atom. The third-order valence-corrected chi connectivity index (χ3v) is 12.7. The predicted octanol–water partition coefficient (Wildman–Crippen LogP) is 10.5. The summed E-state index contributed by atoms with van der Waals surface area (Å²) in [6.07, 6.45) is 28.7. The molecule has 4 aliphatic rings. The first-order valence-electron chi connectivity index (χ1n) is 17.7. The highest BCUT2D eigenvalue weighted by molar-refractivity contribution is 5.25. The molecule has 0 saturated heterocycles. The number of aliphatic hydroxyl groups excluding tert-OH is 1. The average molecular weight is 543 g/mol. The summed E-state index contributed by atoms with van der Waals surface area (Å²) in [5.74, 6) is 5.55. The van der Waals surface area contributed by atoms with Crippen molar-refractivity contribution in [2.45, 2.75) is 163 Å². The Morgan fingerprint density at radius 2 is 1.54 bits per heavy atom. The first-order chi connectivity index (χ1) is 18.8. The van der Waals surface area contributed by atoms with Crippen molar-refractivity contribution in [3.8, 4) is 0 Å². The van der Waals surface area contributed by atoms with Crippen molar-refractivity contribution in [1.29, 1.82) is 0 Å². The van der Waals surface area contributed by atoms with Gasteiger partial charge in [0.25, 0.3) is 0 Å². The molecule has 4 rings (SSSR count). The Morgan fingerprint density at radius 1 is 0.821 bits per heavy atom. The maximum atomic E-state index is 8.89. The van der Waals surface area contributed by atoms with Gasteiger partial charge in [0.05, 0.1) is 6.10 Å². The molecular weight excluding hydrogens is 476 g/mol. The number of fused-ring (bicyclic) bond motifs is 5. The predicted molar refractivity (Wildman–Crippen MR) is 167 cm³/mol. The van der Waals surface area contributed by atoms with Crippen LogP contribution in [0.25, 0.3) is 0 Å². The number of allylic oxidation sites excluding steroid dienone is 1. The van der Waals surface area contributed by atoms with Gasteiger partial charge in [-0.3, -0.25) is 0 Å². The highest BCUT2D eigenvalue weighted by atomic mass is 16.5. The molecule has 1 N–H and O–H groups in total. The van der Waals surface area contributed by atoms with Gasteiger partial charge in [0, 0.05) is 13.2 Å². The Balaban J connectivity index is 1.23. The summed E-state index contributed by atoms with van der Waals surface area (Å²) in [5.41, 5.74) is 2.82. The fourth-order valence-electron chi connectivity index (χ4n) is 10.3. The average Bonchev–Trinajstić information content (AvgIpc) is 3.27. The van der Waals surface area contributed by atoms with Gasteiger partial charge in [-0.15, -0.1) is 0 Å². The third-order valence-electron chi connectivity index (χ3n) is 12.7. The van der Waals surface area contributed by atoms with Crippen molar-refractivity contribution < 1.29 is 9.84 Å². The van der Waals surface area contributed by atoms with Crippen molar-refractivity contribution in [3.63, 3.8) is 0 Å². The van der Waals surface area contributed by atoms with Crippen LogP contribution in [0.3, 0.4) is 0 Å².